The summed E-state index contributed by atoms with van der Waals surface area (Å²) in [7, 11) is 0. The molecule has 11 heteroatoms. The van der Waals surface area contributed by atoms with Crippen LogP contribution in [0, 0.1) is 6.92 Å². The molecule has 1 saturated heterocycles. The molecule has 0 bridgehead atoms. The van der Waals surface area contributed by atoms with Crippen LogP contribution in [0.15, 0.2) is 30.3 Å². The average molecular weight is 584 g/mol. The zero-order valence-electron chi connectivity index (χ0n) is 23.0. The molecule has 5 rings (SSSR count). The summed E-state index contributed by atoms with van der Waals surface area (Å²) in [6, 6.07) is 7.26. The number of aryl methyl sites for hydroxylation is 1. The van der Waals surface area contributed by atoms with Gasteiger partial charge in [-0.25, -0.2) is 4.79 Å². The van der Waals surface area contributed by atoms with E-state index in [4.69, 9.17) is 33.5 Å². The van der Waals surface area contributed by atoms with Gasteiger partial charge in [-0.3, -0.25) is 9.59 Å². The number of thiophene rings is 1. The zero-order chi connectivity index (χ0) is 29.1. The molecule has 0 unspecified atom stereocenters. The number of nitrogen functional groups attached to an aromatic ring is 1. The van der Waals surface area contributed by atoms with Crippen molar-refractivity contribution in [3.8, 4) is 0 Å². The minimum absolute atomic E-state index is 0.290. The number of piperidine rings is 1. The largest absolute Gasteiger partial charge is 0.444 e. The number of likely N-dealkylation sites (tertiary alicyclic amines) is 1. The van der Waals surface area contributed by atoms with E-state index < -0.39 is 29.1 Å². The molecule has 1 aliphatic heterocycles. The molecule has 1 fully saturated rings. The van der Waals surface area contributed by atoms with Gasteiger partial charge in [0.2, 0.25) is 0 Å². The predicted octanol–water partition coefficient (Wildman–Crippen LogP) is 4.36. The smallest absolute Gasteiger partial charge is 0.410 e. The molecule has 9 nitrogen and oxygen atoms in total. The normalized spacial score (nSPS) is 22.9. The first-order valence-corrected chi connectivity index (χ1v) is 14.4. The summed E-state index contributed by atoms with van der Waals surface area (Å²) in [4.78, 5) is 42.1. The van der Waals surface area contributed by atoms with Gasteiger partial charge >= 0.3 is 6.09 Å². The lowest BCUT2D eigenvalue weighted by Crippen LogP contribution is -2.53. The fourth-order valence-corrected chi connectivity index (χ4v) is 6.91. The second kappa shape index (κ2) is 10.0. The highest BCUT2D eigenvalue weighted by atomic mass is 35.5. The molecule has 0 spiro atoms. The Bertz CT molecular complexity index is 1550. The minimum Gasteiger partial charge on any atom is -0.444 e. The predicted molar refractivity (Wildman–Crippen MR) is 158 cm³/mol. The first-order chi connectivity index (χ1) is 18.7. The van der Waals surface area contributed by atoms with Crippen LogP contribution >= 0.6 is 22.9 Å². The third-order valence-corrected chi connectivity index (χ3v) is 9.22. The lowest BCUT2D eigenvalue weighted by molar-refractivity contribution is -0.124. The van der Waals surface area contributed by atoms with Crippen molar-refractivity contribution in [3.63, 3.8) is 0 Å². The Morgan fingerprint density at radius 1 is 1.23 bits per heavy atom. The van der Waals surface area contributed by atoms with Crippen molar-refractivity contribution in [1.29, 1.82) is 0 Å². The summed E-state index contributed by atoms with van der Waals surface area (Å²) in [5.41, 5.74) is 20.4. The fourth-order valence-electron chi connectivity index (χ4n) is 5.52. The monoisotopic (exact) mass is 583 g/mol. The van der Waals surface area contributed by atoms with E-state index in [1.807, 2.05) is 33.8 Å². The van der Waals surface area contributed by atoms with Crippen LogP contribution in [0.1, 0.15) is 71.6 Å². The number of carbonyl (C=O) groups excluding carboxylic acids is 3. The van der Waals surface area contributed by atoms with Crippen LogP contribution in [0.25, 0.3) is 10.1 Å². The third-order valence-electron chi connectivity index (χ3n) is 7.55. The lowest BCUT2D eigenvalue weighted by Gasteiger charge is -2.37. The number of amides is 2. The molecule has 3 aromatic rings. The minimum atomic E-state index is -1.57. The molecule has 7 N–H and O–H groups in total. The second-order valence-electron chi connectivity index (χ2n) is 11.6. The number of nitrogens with two attached hydrogens (primary N) is 3. The van der Waals surface area contributed by atoms with Crippen LogP contribution in [0.5, 0.6) is 0 Å². The Hall–Kier alpha value is -3.18. The number of rotatable bonds is 3. The molecular formula is C29H34ClN5O4S. The number of benzene rings is 2. The Balaban J connectivity index is 1.52. The molecule has 2 aromatic carbocycles. The standard InChI is InChI=1S/C29H34ClN5O4S/c1-14-7-8-15(12-18(14)30)29(33)17-9-10-19(31)23-20(17)21(22(32)25(29)36)24(40-23)26(37)34-16-6-5-11-35(13-16)27(38)39-28(2,3)4/h7-10,12,16,22H,5-6,11,13,31-33H2,1-4H3,(H,34,37)/t16-,22-,29-/m1/s1. The van der Waals surface area contributed by atoms with Crippen molar-refractivity contribution in [2.75, 3.05) is 18.8 Å². The highest BCUT2D eigenvalue weighted by Crippen LogP contribution is 2.49. The Kier molecular flexibility index (Phi) is 7.11. The molecule has 0 radical (unpaired) electrons. The maximum atomic E-state index is 13.9. The van der Waals surface area contributed by atoms with Gasteiger partial charge < -0.3 is 32.2 Å². The van der Waals surface area contributed by atoms with Gasteiger partial charge in [0.15, 0.2) is 5.78 Å². The summed E-state index contributed by atoms with van der Waals surface area (Å²) < 4.78 is 6.16. The SMILES string of the molecule is Cc1ccc([C@]2(N)C(=O)[C@H](N)c3c(C(=O)N[C@@H]4CCCN(C(=O)OC(C)(C)C)C4)sc4c(N)ccc2c34)cc1Cl. The molecule has 212 valence electrons. The summed E-state index contributed by atoms with van der Waals surface area (Å²) in [6.07, 6.45) is 1.00. The Labute approximate surface area is 242 Å². The van der Waals surface area contributed by atoms with Crippen LogP contribution in [0.2, 0.25) is 5.02 Å². The zero-order valence-corrected chi connectivity index (χ0v) is 24.5. The topological polar surface area (TPSA) is 154 Å². The van der Waals surface area contributed by atoms with E-state index in [0.29, 0.717) is 68.3 Å². The molecule has 40 heavy (non-hydrogen) atoms. The first-order valence-electron chi connectivity index (χ1n) is 13.2. The van der Waals surface area contributed by atoms with Crippen molar-refractivity contribution >= 4 is 56.5 Å². The second-order valence-corrected chi connectivity index (χ2v) is 13.0. The molecular weight excluding hydrogens is 550 g/mol. The van der Waals surface area contributed by atoms with Crippen LogP contribution in [-0.4, -0.2) is 47.4 Å². The summed E-state index contributed by atoms with van der Waals surface area (Å²) in [5.74, 6) is -0.809. The van der Waals surface area contributed by atoms with E-state index in [1.54, 1.807) is 29.2 Å². The van der Waals surface area contributed by atoms with Crippen LogP contribution in [-0.2, 0) is 15.1 Å². The number of nitrogens with zero attached hydrogens (tertiary/aromatic N) is 1. The average Bonchev–Trinajstić information content (AvgIpc) is 3.29. The molecule has 2 aliphatic rings. The summed E-state index contributed by atoms with van der Waals surface area (Å²) in [5, 5.41) is 4.16. The number of hydrogen-bond acceptors (Lipinski definition) is 8. The maximum Gasteiger partial charge on any atom is 0.410 e. The van der Waals surface area contributed by atoms with Crippen molar-refractivity contribution in [3.05, 3.63) is 62.5 Å². The molecule has 2 heterocycles. The molecule has 2 amide bonds. The van der Waals surface area contributed by atoms with Crippen LogP contribution in [0.4, 0.5) is 10.5 Å². The maximum absolute atomic E-state index is 13.9. The van der Waals surface area contributed by atoms with Crippen LogP contribution in [0.3, 0.4) is 0 Å². The number of ether oxygens (including phenoxy) is 1. The van der Waals surface area contributed by atoms with Crippen LogP contribution < -0.4 is 22.5 Å². The quantitative estimate of drug-likeness (QED) is 0.334. The molecule has 3 atom stereocenters. The molecule has 1 aromatic heterocycles. The number of halogens is 1. The van der Waals surface area contributed by atoms with E-state index >= 15 is 0 Å². The van der Waals surface area contributed by atoms with E-state index in [9.17, 15) is 14.4 Å². The number of carbonyl (C=O) groups is 3. The van der Waals surface area contributed by atoms with Gasteiger partial charge in [0.1, 0.15) is 11.1 Å². The van der Waals surface area contributed by atoms with E-state index in [-0.39, 0.29) is 11.9 Å². The number of hydrogen-bond donors (Lipinski definition) is 4. The van der Waals surface area contributed by atoms with E-state index in [2.05, 4.69) is 5.32 Å². The highest BCUT2D eigenvalue weighted by molar-refractivity contribution is 7.21. The third kappa shape index (κ3) is 4.72. The summed E-state index contributed by atoms with van der Waals surface area (Å²) in [6.45, 7) is 8.18. The van der Waals surface area contributed by atoms with Gasteiger partial charge in [-0.2, -0.15) is 0 Å². The van der Waals surface area contributed by atoms with Gasteiger partial charge in [0, 0.05) is 40.8 Å². The van der Waals surface area contributed by atoms with Gasteiger partial charge in [-0.1, -0.05) is 29.8 Å². The number of nitrogens with one attached hydrogen (secondary N) is 1. The number of ketones is 1. The van der Waals surface area contributed by atoms with Crippen molar-refractivity contribution < 1.29 is 19.1 Å². The summed E-state index contributed by atoms with van der Waals surface area (Å²) >= 11 is 7.60. The van der Waals surface area contributed by atoms with Gasteiger partial charge in [-0.15, -0.1) is 11.3 Å². The number of anilines is 1. The number of Topliss-reactive ketones (excluding diaryl/α,β-unsaturated/α-hetero) is 1. The van der Waals surface area contributed by atoms with E-state index in [1.165, 1.54) is 11.3 Å². The molecule has 1 aliphatic carbocycles. The van der Waals surface area contributed by atoms with E-state index in [0.717, 1.165) is 5.56 Å². The highest BCUT2D eigenvalue weighted by Gasteiger charge is 2.49. The van der Waals surface area contributed by atoms with Gasteiger partial charge in [0.25, 0.3) is 5.91 Å². The van der Waals surface area contributed by atoms with Crippen molar-refractivity contribution in [2.45, 2.75) is 63.8 Å². The van der Waals surface area contributed by atoms with Gasteiger partial charge in [-0.05, 0) is 69.4 Å². The molecule has 0 saturated carbocycles. The lowest BCUT2D eigenvalue weighted by atomic mass is 9.70. The van der Waals surface area contributed by atoms with Crippen molar-refractivity contribution in [1.82, 2.24) is 10.2 Å². The Morgan fingerprint density at radius 3 is 2.62 bits per heavy atom. The van der Waals surface area contributed by atoms with Crippen molar-refractivity contribution in [2.24, 2.45) is 11.5 Å². The van der Waals surface area contributed by atoms with Gasteiger partial charge in [0.05, 0.1) is 15.6 Å². The fraction of sp³-hybridized carbons (Fsp3) is 0.414. The first kappa shape index (κ1) is 28.4. The Morgan fingerprint density at radius 2 is 1.95 bits per heavy atom.